The molecule has 0 spiro atoms. The number of hydrogen-bond acceptors (Lipinski definition) is 4. The van der Waals surface area contributed by atoms with Gasteiger partial charge in [0.1, 0.15) is 6.61 Å². The van der Waals surface area contributed by atoms with Crippen molar-refractivity contribution in [2.45, 2.75) is 6.42 Å². The van der Waals surface area contributed by atoms with Gasteiger partial charge in [-0.25, -0.2) is 4.79 Å². The molecule has 1 fully saturated rings. The fourth-order valence-electron chi connectivity index (χ4n) is 0.764. The van der Waals surface area contributed by atoms with E-state index in [9.17, 15) is 4.79 Å². The van der Waals surface area contributed by atoms with Crippen LogP contribution in [0.3, 0.4) is 0 Å². The van der Waals surface area contributed by atoms with Crippen molar-refractivity contribution in [1.82, 2.24) is 0 Å². The summed E-state index contributed by atoms with van der Waals surface area (Å²) >= 11 is 0. The Morgan fingerprint density at radius 3 is 3.10 bits per heavy atom. The zero-order chi connectivity index (χ0) is 7.40. The molecule has 1 aliphatic rings. The molecule has 0 aromatic rings. The van der Waals surface area contributed by atoms with Crippen molar-refractivity contribution >= 4 is 6.16 Å². The highest BCUT2D eigenvalue weighted by molar-refractivity contribution is 5.59. The summed E-state index contributed by atoms with van der Waals surface area (Å²) in [6.07, 6.45) is 0.0540. The number of carbonyl (C=O) groups is 1. The van der Waals surface area contributed by atoms with E-state index in [1.54, 1.807) is 0 Å². The lowest BCUT2D eigenvalue weighted by molar-refractivity contribution is 0.0663. The first-order valence-electron chi connectivity index (χ1n) is 3.23. The Morgan fingerprint density at radius 1 is 1.60 bits per heavy atom. The van der Waals surface area contributed by atoms with E-state index >= 15 is 0 Å². The van der Waals surface area contributed by atoms with Gasteiger partial charge in [0.2, 0.25) is 0 Å². The molecule has 58 valence electrons. The van der Waals surface area contributed by atoms with Crippen molar-refractivity contribution < 1.29 is 19.4 Å². The highest BCUT2D eigenvalue weighted by Gasteiger charge is 2.16. The molecular formula is C6H10O4. The van der Waals surface area contributed by atoms with E-state index in [-0.39, 0.29) is 19.1 Å². The van der Waals surface area contributed by atoms with Crippen molar-refractivity contribution in [2.75, 3.05) is 19.8 Å². The van der Waals surface area contributed by atoms with Gasteiger partial charge in [-0.2, -0.15) is 0 Å². The van der Waals surface area contributed by atoms with Gasteiger partial charge in [0.15, 0.2) is 0 Å². The maximum absolute atomic E-state index is 10.4. The lowest BCUT2D eigenvalue weighted by atomic mass is 10.1. The molecule has 1 aliphatic heterocycles. The van der Waals surface area contributed by atoms with Crippen LogP contribution in [0.4, 0.5) is 4.79 Å². The standard InChI is InChI=1S/C6H10O4/c7-3-5-1-2-9-6(8)10-4-5/h5,7H,1-4H2. The molecule has 1 N–H and O–H groups in total. The molecule has 1 saturated heterocycles. The third-order valence-electron chi connectivity index (χ3n) is 1.44. The van der Waals surface area contributed by atoms with Crippen molar-refractivity contribution in [1.29, 1.82) is 0 Å². The maximum Gasteiger partial charge on any atom is 0.508 e. The molecule has 0 radical (unpaired) electrons. The van der Waals surface area contributed by atoms with Crippen LogP contribution in [-0.2, 0) is 9.47 Å². The zero-order valence-corrected chi connectivity index (χ0v) is 5.58. The van der Waals surface area contributed by atoms with Crippen LogP contribution in [0.1, 0.15) is 6.42 Å². The Bertz CT molecular complexity index is 123. The molecular weight excluding hydrogens is 136 g/mol. The molecule has 4 heteroatoms. The number of cyclic esters (lactones) is 2. The van der Waals surface area contributed by atoms with Gasteiger partial charge in [-0.1, -0.05) is 0 Å². The summed E-state index contributed by atoms with van der Waals surface area (Å²) in [5.74, 6) is 0.0476. The highest BCUT2D eigenvalue weighted by Crippen LogP contribution is 2.08. The summed E-state index contributed by atoms with van der Waals surface area (Å²) in [4.78, 5) is 10.4. The van der Waals surface area contributed by atoms with Crippen LogP contribution in [0.2, 0.25) is 0 Å². The molecule has 0 aromatic heterocycles. The summed E-state index contributed by atoms with van der Waals surface area (Å²) in [6, 6.07) is 0. The van der Waals surface area contributed by atoms with Crippen LogP contribution in [0.15, 0.2) is 0 Å². The number of hydrogen-bond donors (Lipinski definition) is 1. The van der Waals surface area contributed by atoms with Crippen LogP contribution in [0, 0.1) is 5.92 Å². The maximum atomic E-state index is 10.4. The summed E-state index contributed by atoms with van der Waals surface area (Å²) in [7, 11) is 0. The number of carbonyl (C=O) groups excluding carboxylic acids is 1. The van der Waals surface area contributed by atoms with Crippen LogP contribution in [-0.4, -0.2) is 31.1 Å². The first kappa shape index (κ1) is 7.34. The second-order valence-corrected chi connectivity index (χ2v) is 2.25. The van der Waals surface area contributed by atoms with Crippen LogP contribution in [0.25, 0.3) is 0 Å². The monoisotopic (exact) mass is 146 g/mol. The molecule has 10 heavy (non-hydrogen) atoms. The average Bonchev–Trinajstić information content (AvgIpc) is 2.14. The summed E-state index contributed by atoms with van der Waals surface area (Å²) in [6.45, 7) is 0.677. The second-order valence-electron chi connectivity index (χ2n) is 2.25. The third kappa shape index (κ3) is 1.88. The molecule has 1 atom stereocenters. The number of aliphatic hydroxyl groups excluding tert-OH is 1. The van der Waals surface area contributed by atoms with E-state index in [0.29, 0.717) is 13.0 Å². The predicted octanol–water partition coefficient (Wildman–Crippen LogP) is 0.152. The Morgan fingerprint density at radius 2 is 2.40 bits per heavy atom. The summed E-state index contributed by atoms with van der Waals surface area (Å²) in [5.41, 5.74) is 0. The molecule has 1 unspecified atom stereocenters. The van der Waals surface area contributed by atoms with Gasteiger partial charge in [0.25, 0.3) is 0 Å². The lowest BCUT2D eigenvalue weighted by Gasteiger charge is -2.05. The molecule has 1 heterocycles. The largest absolute Gasteiger partial charge is 0.508 e. The topological polar surface area (TPSA) is 55.8 Å². The molecule has 0 bridgehead atoms. The van der Waals surface area contributed by atoms with Crippen molar-refractivity contribution in [3.05, 3.63) is 0 Å². The first-order chi connectivity index (χ1) is 4.83. The van der Waals surface area contributed by atoms with Gasteiger partial charge >= 0.3 is 6.16 Å². The molecule has 0 aliphatic carbocycles. The minimum atomic E-state index is -0.629. The van der Waals surface area contributed by atoms with Crippen LogP contribution in [0.5, 0.6) is 0 Å². The smallest absolute Gasteiger partial charge is 0.434 e. The van der Waals surface area contributed by atoms with Gasteiger partial charge in [-0.05, 0) is 6.42 Å². The molecule has 0 aromatic carbocycles. The quantitative estimate of drug-likeness (QED) is 0.535. The molecule has 4 nitrogen and oxygen atoms in total. The number of ether oxygens (including phenoxy) is 2. The Kier molecular flexibility index (Phi) is 2.50. The van der Waals surface area contributed by atoms with Crippen LogP contribution < -0.4 is 0 Å². The predicted molar refractivity (Wildman–Crippen MR) is 32.5 cm³/mol. The Balaban J connectivity index is 2.33. The minimum absolute atomic E-state index is 0.0476. The van der Waals surface area contributed by atoms with Gasteiger partial charge in [0.05, 0.1) is 6.61 Å². The van der Waals surface area contributed by atoms with Gasteiger partial charge in [0, 0.05) is 12.5 Å². The minimum Gasteiger partial charge on any atom is -0.434 e. The van der Waals surface area contributed by atoms with Crippen LogP contribution >= 0.6 is 0 Å². The SMILES string of the molecule is O=C1OCCC(CO)CO1. The highest BCUT2D eigenvalue weighted by atomic mass is 16.7. The first-order valence-corrected chi connectivity index (χ1v) is 3.23. The van der Waals surface area contributed by atoms with E-state index in [4.69, 9.17) is 5.11 Å². The fourth-order valence-corrected chi connectivity index (χ4v) is 0.764. The molecule has 0 saturated carbocycles. The normalized spacial score (nSPS) is 26.5. The van der Waals surface area contributed by atoms with Gasteiger partial charge < -0.3 is 14.6 Å². The third-order valence-corrected chi connectivity index (χ3v) is 1.44. The van der Waals surface area contributed by atoms with E-state index in [0.717, 1.165) is 0 Å². The second kappa shape index (κ2) is 3.41. The average molecular weight is 146 g/mol. The van der Waals surface area contributed by atoms with Crippen molar-refractivity contribution in [3.63, 3.8) is 0 Å². The molecule has 0 amide bonds. The van der Waals surface area contributed by atoms with Gasteiger partial charge in [-0.15, -0.1) is 0 Å². The fraction of sp³-hybridized carbons (Fsp3) is 0.833. The van der Waals surface area contributed by atoms with E-state index < -0.39 is 6.16 Å². The van der Waals surface area contributed by atoms with Crippen molar-refractivity contribution in [3.8, 4) is 0 Å². The van der Waals surface area contributed by atoms with Gasteiger partial charge in [-0.3, -0.25) is 0 Å². The Labute approximate surface area is 58.7 Å². The molecule has 1 rings (SSSR count). The van der Waals surface area contributed by atoms with E-state index in [1.807, 2.05) is 0 Å². The van der Waals surface area contributed by atoms with E-state index in [1.165, 1.54) is 0 Å². The summed E-state index contributed by atoms with van der Waals surface area (Å²) in [5, 5.41) is 8.66. The summed E-state index contributed by atoms with van der Waals surface area (Å²) < 4.78 is 9.15. The Hall–Kier alpha value is -0.770. The number of aliphatic hydroxyl groups is 1. The number of rotatable bonds is 1. The van der Waals surface area contributed by atoms with Crippen molar-refractivity contribution in [2.24, 2.45) is 5.92 Å². The zero-order valence-electron chi connectivity index (χ0n) is 5.58. The van der Waals surface area contributed by atoms with E-state index in [2.05, 4.69) is 9.47 Å². The lowest BCUT2D eigenvalue weighted by Crippen LogP contribution is -2.12.